The van der Waals surface area contributed by atoms with Crippen molar-refractivity contribution in [2.45, 2.75) is 13.8 Å². The van der Waals surface area contributed by atoms with E-state index in [-0.39, 0.29) is 0 Å². The second-order valence-corrected chi connectivity index (χ2v) is 13.0. The van der Waals surface area contributed by atoms with E-state index in [0.29, 0.717) is 0 Å². The summed E-state index contributed by atoms with van der Waals surface area (Å²) in [6, 6.07) is 54.8. The maximum atomic E-state index is 2.42. The summed E-state index contributed by atoms with van der Waals surface area (Å²) in [5, 5.41) is 13.0. The highest BCUT2D eigenvalue weighted by Gasteiger charge is 2.24. The molecule has 1 aliphatic carbocycles. The fraction of sp³-hybridized carbons (Fsp3) is 0.0435. The lowest BCUT2D eigenvalue weighted by molar-refractivity contribution is 1.49. The van der Waals surface area contributed by atoms with Crippen LogP contribution in [0.2, 0.25) is 0 Å². The van der Waals surface area contributed by atoms with Gasteiger partial charge in [-0.1, -0.05) is 151 Å². The molecule has 10 rings (SSSR count). The number of aryl methyl sites for hydroxylation is 2. The summed E-state index contributed by atoms with van der Waals surface area (Å²) in [7, 11) is 0. The Labute approximate surface area is 268 Å². The van der Waals surface area contributed by atoms with Gasteiger partial charge in [-0.15, -0.1) is 0 Å². The van der Waals surface area contributed by atoms with Gasteiger partial charge in [0.05, 0.1) is 0 Å². The van der Waals surface area contributed by atoms with Gasteiger partial charge in [0.15, 0.2) is 0 Å². The lowest BCUT2D eigenvalue weighted by atomic mass is 9.83. The van der Waals surface area contributed by atoms with Crippen LogP contribution in [0.1, 0.15) is 11.1 Å². The summed E-state index contributed by atoms with van der Waals surface area (Å²) >= 11 is 0. The maximum Gasteiger partial charge on any atom is -0.00200 e. The molecule has 1 aliphatic rings. The smallest absolute Gasteiger partial charge is 0.00200 e. The number of hydrogen-bond acceptors (Lipinski definition) is 0. The first-order valence-electron chi connectivity index (χ1n) is 16.2. The van der Waals surface area contributed by atoms with Gasteiger partial charge >= 0.3 is 0 Å². The molecule has 9 aromatic carbocycles. The molecule has 46 heavy (non-hydrogen) atoms. The largest absolute Gasteiger partial charge is 0.0616 e. The molecule has 0 N–H and O–H groups in total. The first kappa shape index (κ1) is 25.6. The zero-order valence-electron chi connectivity index (χ0n) is 25.9. The van der Waals surface area contributed by atoms with Crippen LogP contribution in [0.5, 0.6) is 0 Å². The maximum absolute atomic E-state index is 2.42. The van der Waals surface area contributed by atoms with E-state index in [2.05, 4.69) is 159 Å². The summed E-state index contributed by atoms with van der Waals surface area (Å²) in [4.78, 5) is 0. The Kier molecular flexibility index (Phi) is 5.23. The van der Waals surface area contributed by atoms with E-state index in [1.54, 1.807) is 0 Å². The first-order chi connectivity index (χ1) is 22.6. The van der Waals surface area contributed by atoms with Crippen molar-refractivity contribution in [1.82, 2.24) is 0 Å². The van der Waals surface area contributed by atoms with Crippen molar-refractivity contribution in [1.29, 1.82) is 0 Å². The Morgan fingerprint density at radius 1 is 0.304 bits per heavy atom. The average molecular weight is 583 g/mol. The molecule has 0 saturated heterocycles. The predicted molar refractivity (Wildman–Crippen MR) is 199 cm³/mol. The second kappa shape index (κ2) is 9.39. The van der Waals surface area contributed by atoms with Gasteiger partial charge in [0.1, 0.15) is 0 Å². The molecule has 0 unspecified atom stereocenters. The van der Waals surface area contributed by atoms with E-state index < -0.39 is 0 Å². The van der Waals surface area contributed by atoms with Gasteiger partial charge in [0.25, 0.3) is 0 Å². The molecule has 214 valence electrons. The van der Waals surface area contributed by atoms with Crippen molar-refractivity contribution >= 4 is 53.9 Å². The third-order valence-electron chi connectivity index (χ3n) is 10.3. The summed E-state index contributed by atoms with van der Waals surface area (Å²) < 4.78 is 0. The van der Waals surface area contributed by atoms with Crippen molar-refractivity contribution < 1.29 is 0 Å². The molecule has 0 spiro atoms. The molecule has 9 aromatic rings. The van der Waals surface area contributed by atoms with Crippen molar-refractivity contribution in [2.24, 2.45) is 0 Å². The van der Waals surface area contributed by atoms with Crippen LogP contribution < -0.4 is 0 Å². The highest BCUT2D eigenvalue weighted by molar-refractivity contribution is 6.27. The molecule has 0 aromatic heterocycles. The van der Waals surface area contributed by atoms with Crippen LogP contribution in [-0.4, -0.2) is 0 Å². The predicted octanol–water partition coefficient (Wildman–Crippen LogP) is 13.1. The summed E-state index contributed by atoms with van der Waals surface area (Å²) in [5.74, 6) is 0. The minimum Gasteiger partial charge on any atom is -0.0616 e. The van der Waals surface area contributed by atoms with Crippen LogP contribution in [0.4, 0.5) is 0 Å². The van der Waals surface area contributed by atoms with Crippen molar-refractivity contribution in [3.8, 4) is 44.5 Å². The highest BCUT2D eigenvalue weighted by atomic mass is 14.3. The van der Waals surface area contributed by atoms with Gasteiger partial charge in [-0.25, -0.2) is 0 Å². The highest BCUT2D eigenvalue weighted by Crippen LogP contribution is 2.52. The Morgan fingerprint density at radius 2 is 0.870 bits per heavy atom. The van der Waals surface area contributed by atoms with E-state index >= 15 is 0 Å². The normalized spacial score (nSPS) is 12.1. The quantitative estimate of drug-likeness (QED) is 0.140. The van der Waals surface area contributed by atoms with Gasteiger partial charge in [0, 0.05) is 0 Å². The number of benzene rings is 9. The van der Waals surface area contributed by atoms with Crippen LogP contribution >= 0.6 is 0 Å². The van der Waals surface area contributed by atoms with Crippen molar-refractivity contribution in [3.63, 3.8) is 0 Å². The zero-order chi connectivity index (χ0) is 30.5. The number of fused-ring (bicyclic) bond motifs is 8. The van der Waals surface area contributed by atoms with E-state index in [1.165, 1.54) is 109 Å². The van der Waals surface area contributed by atoms with Gasteiger partial charge < -0.3 is 0 Å². The van der Waals surface area contributed by atoms with E-state index in [0.717, 1.165) is 0 Å². The molecule has 0 saturated carbocycles. The number of rotatable bonds is 2. The molecule has 0 fully saturated rings. The minimum atomic E-state index is 1.26. The van der Waals surface area contributed by atoms with Crippen LogP contribution in [0, 0.1) is 13.8 Å². The average Bonchev–Trinajstić information content (AvgIpc) is 3.42. The lowest BCUT2D eigenvalue weighted by Crippen LogP contribution is -1.93. The monoisotopic (exact) mass is 582 g/mol. The fourth-order valence-corrected chi connectivity index (χ4v) is 8.24. The van der Waals surface area contributed by atoms with E-state index in [1.807, 2.05) is 0 Å². The molecule has 0 heterocycles. The molecular weight excluding hydrogens is 553 g/mol. The van der Waals surface area contributed by atoms with Crippen LogP contribution in [-0.2, 0) is 0 Å². The molecular formula is C46H30. The van der Waals surface area contributed by atoms with Gasteiger partial charge in [-0.3, -0.25) is 0 Å². The fourth-order valence-electron chi connectivity index (χ4n) is 8.24. The molecule has 0 heteroatoms. The summed E-state index contributed by atoms with van der Waals surface area (Å²) in [6.07, 6.45) is 0. The summed E-state index contributed by atoms with van der Waals surface area (Å²) in [5.41, 5.74) is 13.1. The topological polar surface area (TPSA) is 0 Å². The third kappa shape index (κ3) is 3.50. The lowest BCUT2D eigenvalue weighted by Gasteiger charge is -2.20. The minimum absolute atomic E-state index is 1.26. The van der Waals surface area contributed by atoms with E-state index in [4.69, 9.17) is 0 Å². The molecule has 0 radical (unpaired) electrons. The Morgan fingerprint density at radius 3 is 1.65 bits per heavy atom. The Hall–Kier alpha value is -5.72. The van der Waals surface area contributed by atoms with Crippen molar-refractivity contribution in [2.75, 3.05) is 0 Å². The van der Waals surface area contributed by atoms with Crippen molar-refractivity contribution in [3.05, 3.63) is 157 Å². The third-order valence-corrected chi connectivity index (χ3v) is 10.3. The summed E-state index contributed by atoms with van der Waals surface area (Å²) in [6.45, 7) is 4.43. The molecule has 0 atom stereocenters. The van der Waals surface area contributed by atoms with E-state index in [9.17, 15) is 0 Å². The van der Waals surface area contributed by atoms with Gasteiger partial charge in [0.2, 0.25) is 0 Å². The van der Waals surface area contributed by atoms with Crippen LogP contribution in [0.15, 0.2) is 146 Å². The molecule has 0 bridgehead atoms. The van der Waals surface area contributed by atoms with Gasteiger partial charge in [-0.2, -0.15) is 0 Å². The number of hydrogen-bond donors (Lipinski definition) is 0. The molecule has 0 amide bonds. The molecule has 0 nitrogen and oxygen atoms in total. The van der Waals surface area contributed by atoms with Gasteiger partial charge in [-0.05, 0) is 118 Å². The molecule has 0 aliphatic heterocycles. The first-order valence-corrected chi connectivity index (χ1v) is 16.2. The Balaban J connectivity index is 1.34. The second-order valence-electron chi connectivity index (χ2n) is 13.0. The Bertz CT molecular complexity index is 2730. The SMILES string of the molecule is Cc1ccc2c(-c3ccc4c5c(cccc35)-c3ccccc3-4)c3cc(C)ccc3c(-c3ccc4ccc5ccccc5c4c3)c2c1. The standard InChI is InChI=1S/C46H30/c1-27-15-21-40-42(24-27)44(31-19-18-30-17-16-29-8-3-4-9-32(29)41(30)26-31)39-20-14-28(2)25-43(39)46(40)38-23-22-37-34-11-6-5-10-33(34)35-12-7-13-36(38)45(35)37/h3-26H,1-2H3. The van der Waals surface area contributed by atoms with Crippen LogP contribution in [0.3, 0.4) is 0 Å². The zero-order valence-corrected chi connectivity index (χ0v) is 25.9. The van der Waals surface area contributed by atoms with Crippen LogP contribution in [0.25, 0.3) is 98.4 Å².